The highest BCUT2D eigenvalue weighted by Gasteiger charge is 2.20. The quantitative estimate of drug-likeness (QED) is 0.748. The predicted molar refractivity (Wildman–Crippen MR) is 77.1 cm³/mol. The van der Waals surface area contributed by atoms with Crippen LogP contribution in [0.25, 0.3) is 0 Å². The summed E-state index contributed by atoms with van der Waals surface area (Å²) in [6.07, 6.45) is 1.93. The van der Waals surface area contributed by atoms with Gasteiger partial charge in [0, 0.05) is 16.5 Å². The number of nitriles is 1. The van der Waals surface area contributed by atoms with Crippen molar-refractivity contribution in [3.05, 3.63) is 34.3 Å². The third-order valence-corrected chi connectivity index (χ3v) is 3.21. The minimum atomic E-state index is -1.06. The SMILES string of the molecule is N#CCCCC[C@H](NC(=O)c1cccc(Br)c1)C(=O)O. The van der Waals surface area contributed by atoms with Crippen molar-refractivity contribution in [3.63, 3.8) is 0 Å². The number of halogens is 1. The van der Waals surface area contributed by atoms with E-state index in [2.05, 4.69) is 21.2 Å². The highest BCUT2D eigenvalue weighted by molar-refractivity contribution is 9.10. The van der Waals surface area contributed by atoms with Crippen molar-refractivity contribution in [1.82, 2.24) is 5.32 Å². The molecule has 0 unspecified atom stereocenters. The normalized spacial score (nSPS) is 11.4. The highest BCUT2D eigenvalue weighted by Crippen LogP contribution is 2.12. The molecule has 0 heterocycles. The summed E-state index contributed by atoms with van der Waals surface area (Å²) in [6, 6.07) is 7.82. The van der Waals surface area contributed by atoms with Gasteiger partial charge in [-0.3, -0.25) is 4.79 Å². The van der Waals surface area contributed by atoms with Crippen LogP contribution < -0.4 is 5.32 Å². The van der Waals surface area contributed by atoms with Crippen molar-refractivity contribution in [2.24, 2.45) is 0 Å². The average molecular weight is 339 g/mol. The number of carbonyl (C=O) groups is 2. The zero-order valence-corrected chi connectivity index (χ0v) is 12.4. The van der Waals surface area contributed by atoms with Crippen molar-refractivity contribution in [2.75, 3.05) is 0 Å². The summed E-state index contributed by atoms with van der Waals surface area (Å²) in [7, 11) is 0. The standard InChI is InChI=1S/C14H15BrN2O3/c15-11-6-4-5-10(9-11)13(18)17-12(14(19)20)7-2-1-3-8-16/h4-6,9,12H,1-3,7H2,(H,17,18)(H,19,20)/t12-/m0/s1. The molecule has 1 amide bonds. The lowest BCUT2D eigenvalue weighted by molar-refractivity contribution is -0.139. The highest BCUT2D eigenvalue weighted by atomic mass is 79.9. The van der Waals surface area contributed by atoms with Gasteiger partial charge in [-0.25, -0.2) is 4.79 Å². The van der Waals surface area contributed by atoms with E-state index in [-0.39, 0.29) is 0 Å². The second kappa shape index (κ2) is 8.33. The van der Waals surface area contributed by atoms with Crippen LogP contribution in [-0.2, 0) is 4.79 Å². The Bertz CT molecular complexity index is 525. The van der Waals surface area contributed by atoms with E-state index in [1.165, 1.54) is 0 Å². The van der Waals surface area contributed by atoms with Gasteiger partial charge in [0.1, 0.15) is 6.04 Å². The molecule has 0 aliphatic rings. The second-order valence-corrected chi connectivity index (χ2v) is 5.19. The summed E-state index contributed by atoms with van der Waals surface area (Å²) in [4.78, 5) is 23.1. The topological polar surface area (TPSA) is 90.2 Å². The molecule has 0 aliphatic carbocycles. The predicted octanol–water partition coefficient (Wildman–Crippen LogP) is 2.72. The number of carboxylic acid groups (broad SMARTS) is 1. The molecule has 0 fully saturated rings. The first-order chi connectivity index (χ1) is 9.54. The Morgan fingerprint density at radius 1 is 1.40 bits per heavy atom. The van der Waals surface area contributed by atoms with Crippen LogP contribution in [0.15, 0.2) is 28.7 Å². The lowest BCUT2D eigenvalue weighted by Crippen LogP contribution is -2.40. The summed E-state index contributed by atoms with van der Waals surface area (Å²) in [5.41, 5.74) is 0.405. The Hall–Kier alpha value is -1.87. The van der Waals surface area contributed by atoms with Crippen molar-refractivity contribution >= 4 is 27.8 Å². The van der Waals surface area contributed by atoms with Gasteiger partial charge in [-0.2, -0.15) is 5.26 Å². The molecule has 2 N–H and O–H groups in total. The van der Waals surface area contributed by atoms with Gasteiger partial charge in [0.25, 0.3) is 5.91 Å². The zero-order chi connectivity index (χ0) is 15.0. The second-order valence-electron chi connectivity index (χ2n) is 4.28. The molecule has 1 rings (SSSR count). The van der Waals surface area contributed by atoms with Gasteiger partial charge in [0.15, 0.2) is 0 Å². The minimum Gasteiger partial charge on any atom is -0.480 e. The summed E-state index contributed by atoms with van der Waals surface area (Å²) in [5, 5.41) is 20.0. The number of carboxylic acids is 1. The number of unbranched alkanes of at least 4 members (excludes halogenated alkanes) is 2. The third kappa shape index (κ3) is 5.41. The molecule has 1 aromatic rings. The van der Waals surface area contributed by atoms with E-state index in [9.17, 15) is 9.59 Å². The maximum Gasteiger partial charge on any atom is 0.326 e. The number of rotatable bonds is 7. The molecule has 0 bridgehead atoms. The smallest absolute Gasteiger partial charge is 0.326 e. The first kappa shape index (κ1) is 16.2. The molecule has 0 aliphatic heterocycles. The van der Waals surface area contributed by atoms with Crippen LogP contribution >= 0.6 is 15.9 Å². The fourth-order valence-electron chi connectivity index (χ4n) is 1.68. The van der Waals surface area contributed by atoms with Gasteiger partial charge in [-0.05, 0) is 37.5 Å². The summed E-state index contributed by atoms with van der Waals surface area (Å²) >= 11 is 3.26. The van der Waals surface area contributed by atoms with Gasteiger partial charge in [-0.15, -0.1) is 0 Å². The first-order valence-electron chi connectivity index (χ1n) is 6.20. The van der Waals surface area contributed by atoms with Crippen molar-refractivity contribution in [3.8, 4) is 6.07 Å². The lowest BCUT2D eigenvalue weighted by Gasteiger charge is -2.14. The molecule has 0 radical (unpaired) electrons. The monoisotopic (exact) mass is 338 g/mol. The molecular formula is C14H15BrN2O3. The maximum atomic E-state index is 12.0. The van der Waals surface area contributed by atoms with Gasteiger partial charge >= 0.3 is 5.97 Å². The number of amides is 1. The molecule has 0 aromatic heterocycles. The largest absolute Gasteiger partial charge is 0.480 e. The summed E-state index contributed by atoms with van der Waals surface area (Å²) in [5.74, 6) is -1.48. The molecule has 6 heteroatoms. The number of nitrogens with one attached hydrogen (secondary N) is 1. The lowest BCUT2D eigenvalue weighted by atomic mass is 10.1. The van der Waals surface area contributed by atoms with Crippen LogP contribution in [0.5, 0.6) is 0 Å². The molecule has 1 aromatic carbocycles. The average Bonchev–Trinajstić information content (AvgIpc) is 2.41. The zero-order valence-electron chi connectivity index (χ0n) is 10.8. The van der Waals surface area contributed by atoms with E-state index in [0.717, 1.165) is 4.47 Å². The van der Waals surface area contributed by atoms with E-state index >= 15 is 0 Å². The van der Waals surface area contributed by atoms with E-state index in [4.69, 9.17) is 10.4 Å². The number of carbonyl (C=O) groups excluding carboxylic acids is 1. The Balaban J connectivity index is 2.59. The Kier molecular flexibility index (Phi) is 6.74. The third-order valence-electron chi connectivity index (χ3n) is 2.72. The number of benzene rings is 1. The van der Waals surface area contributed by atoms with E-state index in [1.807, 2.05) is 6.07 Å². The Morgan fingerprint density at radius 3 is 2.75 bits per heavy atom. The summed E-state index contributed by atoms with van der Waals surface area (Å²) in [6.45, 7) is 0. The van der Waals surface area contributed by atoms with Gasteiger partial charge in [-0.1, -0.05) is 22.0 Å². The molecule has 0 saturated heterocycles. The number of aliphatic carboxylic acids is 1. The number of hydrogen-bond acceptors (Lipinski definition) is 3. The molecule has 20 heavy (non-hydrogen) atoms. The van der Waals surface area contributed by atoms with Gasteiger partial charge < -0.3 is 10.4 Å². The van der Waals surface area contributed by atoms with Crippen molar-refractivity contribution in [2.45, 2.75) is 31.7 Å². The minimum absolute atomic E-state index is 0.316. The van der Waals surface area contributed by atoms with Crippen molar-refractivity contribution < 1.29 is 14.7 Å². The molecule has 1 atom stereocenters. The summed E-state index contributed by atoms with van der Waals surface area (Å²) < 4.78 is 0.756. The van der Waals surface area contributed by atoms with E-state index < -0.39 is 17.9 Å². The molecule has 5 nitrogen and oxygen atoms in total. The fraction of sp³-hybridized carbons (Fsp3) is 0.357. The van der Waals surface area contributed by atoms with Crippen LogP contribution in [-0.4, -0.2) is 23.0 Å². The van der Waals surface area contributed by atoms with Crippen LogP contribution in [0.1, 0.15) is 36.0 Å². The Labute approximate surface area is 125 Å². The number of hydrogen-bond donors (Lipinski definition) is 2. The van der Waals surface area contributed by atoms with E-state index in [1.54, 1.807) is 24.3 Å². The fourth-order valence-corrected chi connectivity index (χ4v) is 2.08. The van der Waals surface area contributed by atoms with Crippen LogP contribution in [0.2, 0.25) is 0 Å². The van der Waals surface area contributed by atoms with E-state index in [0.29, 0.717) is 31.2 Å². The maximum absolute atomic E-state index is 12.0. The molecule has 106 valence electrons. The Morgan fingerprint density at radius 2 is 2.15 bits per heavy atom. The van der Waals surface area contributed by atoms with Crippen LogP contribution in [0, 0.1) is 11.3 Å². The van der Waals surface area contributed by atoms with Crippen molar-refractivity contribution in [1.29, 1.82) is 5.26 Å². The first-order valence-corrected chi connectivity index (χ1v) is 7.00. The molecular weight excluding hydrogens is 324 g/mol. The number of nitrogens with zero attached hydrogens (tertiary/aromatic N) is 1. The van der Waals surface area contributed by atoms with Gasteiger partial charge in [0.2, 0.25) is 0 Å². The molecule has 0 saturated carbocycles. The van der Waals surface area contributed by atoms with Crippen LogP contribution in [0.3, 0.4) is 0 Å². The molecule has 0 spiro atoms. The van der Waals surface area contributed by atoms with Gasteiger partial charge in [0.05, 0.1) is 6.07 Å². The van der Waals surface area contributed by atoms with Crippen LogP contribution in [0.4, 0.5) is 0 Å².